The number of nitrogens with zero attached hydrogens (tertiary/aromatic N) is 2. The molecule has 19 heavy (non-hydrogen) atoms. The molecule has 0 radical (unpaired) electrons. The molecule has 0 unspecified atom stereocenters. The fourth-order valence-electron chi connectivity index (χ4n) is 2.55. The van der Waals surface area contributed by atoms with E-state index in [0.717, 1.165) is 22.9 Å². The fourth-order valence-corrected chi connectivity index (χ4v) is 2.55. The van der Waals surface area contributed by atoms with E-state index in [1.165, 1.54) is 11.1 Å². The molecule has 1 heterocycles. The van der Waals surface area contributed by atoms with Gasteiger partial charge in [0.25, 0.3) is 0 Å². The SMILES string of the molecule is Cc1cccc(C)c1-c1nc(C(C)(C)C)n(C)c1N. The van der Waals surface area contributed by atoms with Crippen molar-refractivity contribution in [1.29, 1.82) is 0 Å². The van der Waals surface area contributed by atoms with E-state index < -0.39 is 0 Å². The first kappa shape index (κ1) is 13.7. The van der Waals surface area contributed by atoms with Gasteiger partial charge in [-0.15, -0.1) is 0 Å². The van der Waals surface area contributed by atoms with E-state index in [-0.39, 0.29) is 5.41 Å². The molecule has 2 aromatic rings. The second-order valence-corrected chi connectivity index (χ2v) is 6.25. The topological polar surface area (TPSA) is 43.8 Å². The third-order valence-electron chi connectivity index (χ3n) is 3.53. The van der Waals surface area contributed by atoms with Gasteiger partial charge in [-0.2, -0.15) is 0 Å². The van der Waals surface area contributed by atoms with Crippen molar-refractivity contribution < 1.29 is 0 Å². The lowest BCUT2D eigenvalue weighted by molar-refractivity contribution is 0.524. The Morgan fingerprint density at radius 2 is 1.63 bits per heavy atom. The highest BCUT2D eigenvalue weighted by molar-refractivity contribution is 5.76. The summed E-state index contributed by atoms with van der Waals surface area (Å²) in [6.07, 6.45) is 0. The second kappa shape index (κ2) is 4.41. The Balaban J connectivity index is 2.72. The van der Waals surface area contributed by atoms with Gasteiger partial charge in [0.15, 0.2) is 0 Å². The van der Waals surface area contributed by atoms with Crippen LogP contribution >= 0.6 is 0 Å². The highest BCUT2D eigenvalue weighted by atomic mass is 15.1. The summed E-state index contributed by atoms with van der Waals surface area (Å²) in [5.41, 5.74) is 10.7. The van der Waals surface area contributed by atoms with Gasteiger partial charge in [-0.1, -0.05) is 39.0 Å². The maximum Gasteiger partial charge on any atom is 0.131 e. The third kappa shape index (κ3) is 2.25. The minimum Gasteiger partial charge on any atom is -0.383 e. The predicted molar refractivity (Wildman–Crippen MR) is 81.2 cm³/mol. The van der Waals surface area contributed by atoms with Crippen molar-refractivity contribution in [2.75, 3.05) is 5.73 Å². The van der Waals surface area contributed by atoms with Crippen LogP contribution in [0.25, 0.3) is 11.3 Å². The van der Waals surface area contributed by atoms with Gasteiger partial charge in [0, 0.05) is 18.0 Å². The Kier molecular flexibility index (Phi) is 3.17. The summed E-state index contributed by atoms with van der Waals surface area (Å²) in [5, 5.41) is 0. The molecular weight excluding hydrogens is 234 g/mol. The zero-order valence-electron chi connectivity index (χ0n) is 12.7. The molecule has 0 saturated heterocycles. The number of aromatic nitrogens is 2. The number of aryl methyl sites for hydroxylation is 2. The lowest BCUT2D eigenvalue weighted by atomic mass is 9.95. The molecule has 1 aromatic heterocycles. The molecule has 0 aliphatic heterocycles. The number of imidazole rings is 1. The van der Waals surface area contributed by atoms with Crippen LogP contribution in [0.4, 0.5) is 5.82 Å². The lowest BCUT2D eigenvalue weighted by Gasteiger charge is -2.17. The van der Waals surface area contributed by atoms with Crippen molar-refractivity contribution >= 4 is 5.82 Å². The highest BCUT2D eigenvalue weighted by Crippen LogP contribution is 2.34. The average molecular weight is 257 g/mol. The number of rotatable bonds is 1. The van der Waals surface area contributed by atoms with E-state index in [0.29, 0.717) is 0 Å². The van der Waals surface area contributed by atoms with Crippen LogP contribution in [0.2, 0.25) is 0 Å². The van der Waals surface area contributed by atoms with Crippen molar-refractivity contribution in [1.82, 2.24) is 9.55 Å². The summed E-state index contributed by atoms with van der Waals surface area (Å²) >= 11 is 0. The van der Waals surface area contributed by atoms with Gasteiger partial charge in [0.2, 0.25) is 0 Å². The number of nitrogens with two attached hydrogens (primary N) is 1. The third-order valence-corrected chi connectivity index (χ3v) is 3.53. The normalized spacial score (nSPS) is 11.9. The van der Waals surface area contributed by atoms with Crippen molar-refractivity contribution in [2.24, 2.45) is 7.05 Å². The molecule has 0 bridgehead atoms. The largest absolute Gasteiger partial charge is 0.383 e. The summed E-state index contributed by atoms with van der Waals surface area (Å²) in [7, 11) is 1.99. The van der Waals surface area contributed by atoms with Crippen molar-refractivity contribution in [3.8, 4) is 11.3 Å². The van der Waals surface area contributed by atoms with Crippen LogP contribution in [0, 0.1) is 13.8 Å². The van der Waals surface area contributed by atoms with E-state index in [4.69, 9.17) is 10.7 Å². The molecule has 0 amide bonds. The molecule has 0 saturated carbocycles. The Labute approximate surface area is 115 Å². The van der Waals surface area contributed by atoms with Crippen LogP contribution in [0.15, 0.2) is 18.2 Å². The van der Waals surface area contributed by atoms with Gasteiger partial charge in [-0.25, -0.2) is 4.98 Å². The maximum atomic E-state index is 6.27. The fraction of sp³-hybridized carbons (Fsp3) is 0.438. The van der Waals surface area contributed by atoms with Gasteiger partial charge in [-0.3, -0.25) is 0 Å². The predicted octanol–water partition coefficient (Wildman–Crippen LogP) is 3.58. The quantitative estimate of drug-likeness (QED) is 0.848. The van der Waals surface area contributed by atoms with Gasteiger partial charge < -0.3 is 10.3 Å². The smallest absolute Gasteiger partial charge is 0.131 e. The molecule has 0 atom stereocenters. The van der Waals surface area contributed by atoms with Crippen LogP contribution in [-0.2, 0) is 12.5 Å². The number of anilines is 1. The molecule has 1 aromatic carbocycles. The Morgan fingerprint density at radius 3 is 2.05 bits per heavy atom. The maximum absolute atomic E-state index is 6.27. The van der Waals surface area contributed by atoms with Crippen LogP contribution in [0.3, 0.4) is 0 Å². The van der Waals surface area contributed by atoms with E-state index >= 15 is 0 Å². The molecule has 0 spiro atoms. The van der Waals surface area contributed by atoms with Crippen molar-refractivity contribution in [2.45, 2.75) is 40.0 Å². The minimum atomic E-state index is -0.0162. The van der Waals surface area contributed by atoms with E-state index in [1.54, 1.807) is 0 Å². The van der Waals surface area contributed by atoms with Crippen LogP contribution < -0.4 is 5.73 Å². The molecule has 0 aliphatic rings. The summed E-state index contributed by atoms with van der Waals surface area (Å²) in [6.45, 7) is 10.7. The van der Waals surface area contributed by atoms with Crippen LogP contribution in [-0.4, -0.2) is 9.55 Å². The molecule has 0 aliphatic carbocycles. The molecule has 102 valence electrons. The van der Waals surface area contributed by atoms with Crippen molar-refractivity contribution in [3.05, 3.63) is 35.2 Å². The van der Waals surface area contributed by atoms with Gasteiger partial charge in [0.1, 0.15) is 17.3 Å². The summed E-state index contributed by atoms with van der Waals surface area (Å²) in [5.74, 6) is 1.75. The minimum absolute atomic E-state index is 0.0162. The number of hydrogen-bond acceptors (Lipinski definition) is 2. The molecule has 2 rings (SSSR count). The van der Waals surface area contributed by atoms with E-state index in [1.807, 2.05) is 11.6 Å². The zero-order valence-corrected chi connectivity index (χ0v) is 12.7. The van der Waals surface area contributed by atoms with E-state index in [2.05, 4.69) is 52.8 Å². The number of hydrogen-bond donors (Lipinski definition) is 1. The molecule has 2 N–H and O–H groups in total. The van der Waals surface area contributed by atoms with Crippen molar-refractivity contribution in [3.63, 3.8) is 0 Å². The lowest BCUT2D eigenvalue weighted by Crippen LogP contribution is -2.17. The molecule has 3 nitrogen and oxygen atoms in total. The van der Waals surface area contributed by atoms with E-state index in [9.17, 15) is 0 Å². The zero-order chi connectivity index (χ0) is 14.4. The number of nitrogen functional groups attached to an aromatic ring is 1. The number of benzene rings is 1. The molecular formula is C16H23N3. The summed E-state index contributed by atoms with van der Waals surface area (Å²) < 4.78 is 2.00. The van der Waals surface area contributed by atoms with Crippen LogP contribution in [0.5, 0.6) is 0 Å². The van der Waals surface area contributed by atoms with Gasteiger partial charge >= 0.3 is 0 Å². The first-order valence-electron chi connectivity index (χ1n) is 6.62. The highest BCUT2D eigenvalue weighted by Gasteiger charge is 2.24. The molecule has 0 fully saturated rings. The molecule has 3 heteroatoms. The first-order valence-corrected chi connectivity index (χ1v) is 6.62. The Hall–Kier alpha value is -1.77. The first-order chi connectivity index (χ1) is 8.73. The Morgan fingerprint density at radius 1 is 1.11 bits per heavy atom. The summed E-state index contributed by atoms with van der Waals surface area (Å²) in [4.78, 5) is 4.81. The summed E-state index contributed by atoms with van der Waals surface area (Å²) in [6, 6.07) is 6.28. The van der Waals surface area contributed by atoms with Gasteiger partial charge in [0.05, 0.1) is 0 Å². The monoisotopic (exact) mass is 257 g/mol. The Bertz CT molecular complexity index is 595. The standard InChI is InChI=1S/C16H23N3/c1-10-8-7-9-11(2)12(10)13-14(17)19(6)15(18-13)16(3,4)5/h7-9H,17H2,1-6H3. The second-order valence-electron chi connectivity index (χ2n) is 6.25. The van der Waals surface area contributed by atoms with Crippen LogP contribution in [0.1, 0.15) is 37.7 Å². The average Bonchev–Trinajstić information content (AvgIpc) is 2.57. The van der Waals surface area contributed by atoms with Gasteiger partial charge in [-0.05, 0) is 25.0 Å².